The van der Waals surface area contributed by atoms with E-state index in [4.69, 9.17) is 4.74 Å². The number of benzene rings is 1. The summed E-state index contributed by atoms with van der Waals surface area (Å²) in [6, 6.07) is 8.16. The molecule has 2 aromatic rings. The van der Waals surface area contributed by atoms with Crippen LogP contribution in [0.15, 0.2) is 30.6 Å². The van der Waals surface area contributed by atoms with Crippen molar-refractivity contribution in [2.24, 2.45) is 0 Å². The van der Waals surface area contributed by atoms with E-state index < -0.39 is 4.92 Å². The molecular weight excluding hydrogens is 322 g/mol. The Morgan fingerprint density at radius 1 is 1.32 bits per heavy atom. The monoisotopic (exact) mass is 343 g/mol. The van der Waals surface area contributed by atoms with Crippen molar-refractivity contribution in [3.63, 3.8) is 0 Å². The first-order valence-electron chi connectivity index (χ1n) is 8.24. The Labute approximate surface area is 146 Å². The lowest BCUT2D eigenvalue weighted by Crippen LogP contribution is -2.31. The van der Waals surface area contributed by atoms with E-state index in [1.807, 2.05) is 17.0 Å². The van der Waals surface area contributed by atoms with E-state index in [-0.39, 0.29) is 11.5 Å². The molecule has 25 heavy (non-hydrogen) atoms. The third-order valence-corrected chi connectivity index (χ3v) is 4.23. The standard InChI is InChI=1S/C17H21N5O3/c1-25-10-4-8-18-16-15(22(23)24)17(20-12-19-16)21-9-7-13-5-2-3-6-14(13)11-21/h2-3,5-6,12H,4,7-11H2,1H3,(H,18,19,20). The number of nitrogens with one attached hydrogen (secondary N) is 1. The first-order chi connectivity index (χ1) is 12.2. The van der Waals surface area contributed by atoms with Crippen LogP contribution in [0.1, 0.15) is 17.5 Å². The first kappa shape index (κ1) is 17.1. The third-order valence-electron chi connectivity index (χ3n) is 4.23. The molecule has 2 heterocycles. The Morgan fingerprint density at radius 3 is 2.88 bits per heavy atom. The van der Waals surface area contributed by atoms with Gasteiger partial charge in [-0.3, -0.25) is 10.1 Å². The lowest BCUT2D eigenvalue weighted by atomic mass is 10.00. The number of nitro groups is 1. The van der Waals surface area contributed by atoms with Crippen molar-refractivity contribution in [1.29, 1.82) is 0 Å². The highest BCUT2D eigenvalue weighted by Gasteiger charge is 2.28. The normalized spacial score (nSPS) is 13.4. The molecule has 1 N–H and O–H groups in total. The molecule has 0 saturated heterocycles. The lowest BCUT2D eigenvalue weighted by molar-refractivity contribution is -0.383. The van der Waals surface area contributed by atoms with Crippen LogP contribution in [0.2, 0.25) is 0 Å². The zero-order valence-corrected chi connectivity index (χ0v) is 14.1. The summed E-state index contributed by atoms with van der Waals surface area (Å²) in [6.07, 6.45) is 2.96. The van der Waals surface area contributed by atoms with Gasteiger partial charge in [0.2, 0.25) is 11.6 Å². The van der Waals surface area contributed by atoms with Gasteiger partial charge < -0.3 is 15.0 Å². The minimum atomic E-state index is -0.408. The number of hydrogen-bond acceptors (Lipinski definition) is 7. The van der Waals surface area contributed by atoms with Crippen molar-refractivity contribution in [1.82, 2.24) is 9.97 Å². The van der Waals surface area contributed by atoms with Crippen molar-refractivity contribution in [2.75, 3.05) is 37.0 Å². The van der Waals surface area contributed by atoms with Crippen LogP contribution in [0, 0.1) is 10.1 Å². The van der Waals surface area contributed by atoms with E-state index in [1.165, 1.54) is 17.5 Å². The molecule has 0 spiro atoms. The highest BCUT2D eigenvalue weighted by Crippen LogP contribution is 2.34. The maximum Gasteiger partial charge on any atom is 0.353 e. The number of methoxy groups -OCH3 is 1. The van der Waals surface area contributed by atoms with Crippen LogP contribution in [-0.4, -0.2) is 41.7 Å². The number of anilines is 2. The van der Waals surface area contributed by atoms with Crippen LogP contribution in [0.4, 0.5) is 17.3 Å². The van der Waals surface area contributed by atoms with E-state index >= 15 is 0 Å². The van der Waals surface area contributed by atoms with Gasteiger partial charge in [-0.25, -0.2) is 9.97 Å². The average molecular weight is 343 g/mol. The SMILES string of the molecule is COCCCNc1ncnc(N2CCc3ccccc3C2)c1[N+](=O)[O-]. The van der Waals surface area contributed by atoms with Crippen LogP contribution in [0.5, 0.6) is 0 Å². The van der Waals surface area contributed by atoms with Crippen molar-refractivity contribution >= 4 is 17.3 Å². The number of fused-ring (bicyclic) bond motifs is 1. The summed E-state index contributed by atoms with van der Waals surface area (Å²) in [5.41, 5.74) is 2.39. The predicted molar refractivity (Wildman–Crippen MR) is 94.9 cm³/mol. The molecule has 8 nitrogen and oxygen atoms in total. The number of nitrogens with zero attached hydrogens (tertiary/aromatic N) is 4. The fourth-order valence-corrected chi connectivity index (χ4v) is 3.00. The Bertz CT molecular complexity index is 753. The summed E-state index contributed by atoms with van der Waals surface area (Å²) in [4.78, 5) is 21.5. The molecule has 132 valence electrons. The van der Waals surface area contributed by atoms with Gasteiger partial charge in [0.15, 0.2) is 0 Å². The second kappa shape index (κ2) is 7.89. The van der Waals surface area contributed by atoms with E-state index in [1.54, 1.807) is 7.11 Å². The number of aromatic nitrogens is 2. The van der Waals surface area contributed by atoms with Crippen molar-refractivity contribution in [3.8, 4) is 0 Å². The third kappa shape index (κ3) is 3.85. The molecule has 0 radical (unpaired) electrons. The molecule has 0 bridgehead atoms. The number of ether oxygens (including phenoxy) is 1. The maximum absolute atomic E-state index is 11.7. The molecule has 1 aromatic carbocycles. The fraction of sp³-hybridized carbons (Fsp3) is 0.412. The van der Waals surface area contributed by atoms with Gasteiger partial charge in [-0.15, -0.1) is 0 Å². The van der Waals surface area contributed by atoms with Crippen LogP contribution in [0.25, 0.3) is 0 Å². The summed E-state index contributed by atoms with van der Waals surface area (Å²) < 4.78 is 4.99. The molecule has 0 fully saturated rings. The first-order valence-corrected chi connectivity index (χ1v) is 8.24. The minimum Gasteiger partial charge on any atom is -0.385 e. The molecule has 1 aromatic heterocycles. The molecule has 0 aliphatic carbocycles. The van der Waals surface area contributed by atoms with Crippen LogP contribution in [0.3, 0.4) is 0 Å². The fourth-order valence-electron chi connectivity index (χ4n) is 3.00. The average Bonchev–Trinajstić information content (AvgIpc) is 2.64. The number of hydrogen-bond donors (Lipinski definition) is 1. The minimum absolute atomic E-state index is 0.0701. The van der Waals surface area contributed by atoms with Crippen LogP contribution < -0.4 is 10.2 Å². The number of rotatable bonds is 7. The van der Waals surface area contributed by atoms with Crippen molar-refractivity contribution in [3.05, 3.63) is 51.8 Å². The second-order valence-corrected chi connectivity index (χ2v) is 5.86. The Kier molecular flexibility index (Phi) is 5.39. The van der Waals surface area contributed by atoms with Crippen LogP contribution >= 0.6 is 0 Å². The molecule has 0 amide bonds. The van der Waals surface area contributed by atoms with Gasteiger partial charge in [0.25, 0.3) is 0 Å². The van der Waals surface area contributed by atoms with E-state index in [2.05, 4.69) is 27.4 Å². The molecule has 0 atom stereocenters. The quantitative estimate of drug-likeness (QED) is 0.469. The van der Waals surface area contributed by atoms with Gasteiger partial charge in [-0.05, 0) is 24.0 Å². The van der Waals surface area contributed by atoms with Gasteiger partial charge in [0, 0.05) is 33.4 Å². The van der Waals surface area contributed by atoms with Gasteiger partial charge >= 0.3 is 5.69 Å². The van der Waals surface area contributed by atoms with Gasteiger partial charge in [0.1, 0.15) is 6.33 Å². The summed E-state index contributed by atoms with van der Waals surface area (Å²) in [5.74, 6) is 0.619. The van der Waals surface area contributed by atoms with Crippen molar-refractivity contribution in [2.45, 2.75) is 19.4 Å². The zero-order valence-electron chi connectivity index (χ0n) is 14.1. The summed E-state index contributed by atoms with van der Waals surface area (Å²) >= 11 is 0. The summed E-state index contributed by atoms with van der Waals surface area (Å²) in [6.45, 7) is 2.44. The highest BCUT2D eigenvalue weighted by molar-refractivity contribution is 5.70. The molecule has 1 aliphatic heterocycles. The predicted octanol–water partition coefficient (Wildman–Crippen LogP) is 2.40. The van der Waals surface area contributed by atoms with Crippen LogP contribution in [-0.2, 0) is 17.7 Å². The molecule has 0 saturated carbocycles. The lowest BCUT2D eigenvalue weighted by Gasteiger charge is -2.29. The summed E-state index contributed by atoms with van der Waals surface area (Å²) in [5, 5.41) is 14.7. The molecular formula is C17H21N5O3. The van der Waals surface area contributed by atoms with Gasteiger partial charge in [-0.2, -0.15) is 0 Å². The second-order valence-electron chi connectivity index (χ2n) is 5.86. The highest BCUT2D eigenvalue weighted by atomic mass is 16.6. The molecule has 0 unspecified atom stereocenters. The van der Waals surface area contributed by atoms with E-state index in [0.717, 1.165) is 12.8 Å². The maximum atomic E-state index is 11.7. The molecule has 3 rings (SSSR count). The van der Waals surface area contributed by atoms with Gasteiger partial charge in [0.05, 0.1) is 4.92 Å². The molecule has 1 aliphatic rings. The van der Waals surface area contributed by atoms with Crippen molar-refractivity contribution < 1.29 is 9.66 Å². The Hall–Kier alpha value is -2.74. The molecule has 8 heteroatoms. The van der Waals surface area contributed by atoms with Gasteiger partial charge in [-0.1, -0.05) is 24.3 Å². The largest absolute Gasteiger partial charge is 0.385 e. The summed E-state index contributed by atoms with van der Waals surface area (Å²) in [7, 11) is 1.62. The van der Waals surface area contributed by atoms with E-state index in [0.29, 0.717) is 32.1 Å². The zero-order chi connectivity index (χ0) is 17.6. The topological polar surface area (TPSA) is 93.4 Å². The smallest absolute Gasteiger partial charge is 0.353 e. The Morgan fingerprint density at radius 2 is 2.12 bits per heavy atom. The van der Waals surface area contributed by atoms with E-state index in [9.17, 15) is 10.1 Å². The Balaban J connectivity index is 1.85.